The second-order valence-corrected chi connectivity index (χ2v) is 4.68. The molecule has 2 rings (SSSR count). The maximum absolute atomic E-state index is 4.37. The van der Waals surface area contributed by atoms with Crippen LogP contribution >= 0.6 is 0 Å². The Kier molecular flexibility index (Phi) is 4.48. The minimum Gasteiger partial charge on any atom is -0.311 e. The summed E-state index contributed by atoms with van der Waals surface area (Å²) >= 11 is 0. The van der Waals surface area contributed by atoms with Crippen LogP contribution in [-0.4, -0.2) is 11.5 Å². The van der Waals surface area contributed by atoms with Gasteiger partial charge in [-0.2, -0.15) is 0 Å². The molecular formula is C16H20N2. The summed E-state index contributed by atoms with van der Waals surface area (Å²) in [6, 6.07) is 12.8. The summed E-state index contributed by atoms with van der Waals surface area (Å²) in [4.78, 5) is 4.37. The van der Waals surface area contributed by atoms with Crippen molar-refractivity contribution in [3.8, 4) is 0 Å². The van der Waals surface area contributed by atoms with E-state index in [4.69, 9.17) is 0 Å². The van der Waals surface area contributed by atoms with Crippen molar-refractivity contribution in [1.82, 2.24) is 10.3 Å². The molecule has 2 aromatic rings. The Morgan fingerprint density at radius 2 is 2.00 bits per heavy atom. The Balaban J connectivity index is 1.78. The van der Waals surface area contributed by atoms with E-state index >= 15 is 0 Å². The molecule has 0 bridgehead atoms. The molecule has 2 heteroatoms. The average molecular weight is 240 g/mol. The van der Waals surface area contributed by atoms with Crippen LogP contribution in [0.5, 0.6) is 0 Å². The van der Waals surface area contributed by atoms with Crippen LogP contribution in [0.15, 0.2) is 42.6 Å². The summed E-state index contributed by atoms with van der Waals surface area (Å²) in [5.74, 6) is 0. The lowest BCUT2D eigenvalue weighted by atomic mass is 10.1. The van der Waals surface area contributed by atoms with Crippen molar-refractivity contribution >= 4 is 0 Å². The zero-order chi connectivity index (χ0) is 12.8. The molecule has 0 unspecified atom stereocenters. The number of rotatable bonds is 5. The van der Waals surface area contributed by atoms with Gasteiger partial charge in [0.25, 0.3) is 0 Å². The lowest BCUT2D eigenvalue weighted by Crippen LogP contribution is -2.18. The number of nitrogens with zero attached hydrogens (tertiary/aromatic N) is 1. The van der Waals surface area contributed by atoms with E-state index in [0.29, 0.717) is 0 Å². The van der Waals surface area contributed by atoms with Crippen molar-refractivity contribution in [2.24, 2.45) is 0 Å². The Hall–Kier alpha value is -1.67. The minimum absolute atomic E-state index is 0.846. The molecule has 18 heavy (non-hydrogen) atoms. The molecule has 1 N–H and O–H groups in total. The van der Waals surface area contributed by atoms with Gasteiger partial charge in [0.05, 0.1) is 5.69 Å². The molecular weight excluding hydrogens is 220 g/mol. The second kappa shape index (κ2) is 6.31. The summed E-state index contributed by atoms with van der Waals surface area (Å²) in [7, 11) is 0. The molecule has 2 nitrogen and oxygen atoms in total. The molecule has 0 aliphatic heterocycles. The van der Waals surface area contributed by atoms with E-state index in [1.54, 1.807) is 0 Å². The Morgan fingerprint density at radius 1 is 1.11 bits per heavy atom. The van der Waals surface area contributed by atoms with Gasteiger partial charge in [-0.05, 0) is 44.0 Å². The van der Waals surface area contributed by atoms with Crippen molar-refractivity contribution in [2.75, 3.05) is 6.54 Å². The topological polar surface area (TPSA) is 24.9 Å². The third-order valence-electron chi connectivity index (χ3n) is 3.08. The fraction of sp³-hybridized carbons (Fsp3) is 0.312. The minimum atomic E-state index is 0.846. The van der Waals surface area contributed by atoms with Crippen molar-refractivity contribution in [3.63, 3.8) is 0 Å². The molecule has 0 amide bonds. The van der Waals surface area contributed by atoms with Crippen molar-refractivity contribution in [3.05, 3.63) is 65.0 Å². The molecule has 1 heterocycles. The zero-order valence-corrected chi connectivity index (χ0v) is 11.1. The Morgan fingerprint density at radius 3 is 2.78 bits per heavy atom. The quantitative estimate of drug-likeness (QED) is 0.813. The van der Waals surface area contributed by atoms with E-state index in [-0.39, 0.29) is 0 Å². The van der Waals surface area contributed by atoms with Gasteiger partial charge in [0.2, 0.25) is 0 Å². The third kappa shape index (κ3) is 3.67. The summed E-state index contributed by atoms with van der Waals surface area (Å²) in [6.45, 7) is 6.07. The molecule has 0 fully saturated rings. The van der Waals surface area contributed by atoms with Crippen LogP contribution in [0, 0.1) is 13.8 Å². The normalized spacial score (nSPS) is 10.6. The number of nitrogens with one attached hydrogen (secondary N) is 1. The maximum Gasteiger partial charge on any atom is 0.0570 e. The fourth-order valence-electron chi connectivity index (χ4n) is 2.01. The highest BCUT2D eigenvalue weighted by Gasteiger charge is 1.98. The van der Waals surface area contributed by atoms with E-state index < -0.39 is 0 Å². The van der Waals surface area contributed by atoms with Crippen molar-refractivity contribution < 1.29 is 0 Å². The Bertz CT molecular complexity index is 506. The van der Waals surface area contributed by atoms with Gasteiger partial charge in [-0.25, -0.2) is 0 Å². The highest BCUT2D eigenvalue weighted by Crippen LogP contribution is 2.05. The molecule has 0 aliphatic carbocycles. The lowest BCUT2D eigenvalue weighted by molar-refractivity contribution is 0.671. The van der Waals surface area contributed by atoms with Crippen LogP contribution in [0.3, 0.4) is 0 Å². The standard InChI is InChI=1S/C16H20N2/c1-13-5-3-7-15(11-13)8-10-17-12-16-14(2)6-4-9-18-16/h3-7,9,11,17H,8,10,12H2,1-2H3. The third-order valence-corrected chi connectivity index (χ3v) is 3.08. The van der Waals surface area contributed by atoms with Crippen LogP contribution in [-0.2, 0) is 13.0 Å². The SMILES string of the molecule is Cc1cccc(CCNCc2ncccc2C)c1. The lowest BCUT2D eigenvalue weighted by Gasteiger charge is -2.07. The highest BCUT2D eigenvalue weighted by molar-refractivity contribution is 5.22. The fourth-order valence-corrected chi connectivity index (χ4v) is 2.01. The smallest absolute Gasteiger partial charge is 0.0570 e. The number of hydrogen-bond donors (Lipinski definition) is 1. The van der Waals surface area contributed by atoms with Crippen molar-refractivity contribution in [2.45, 2.75) is 26.8 Å². The van der Waals surface area contributed by atoms with Gasteiger partial charge in [0, 0.05) is 12.7 Å². The highest BCUT2D eigenvalue weighted by atomic mass is 14.9. The van der Waals surface area contributed by atoms with E-state index in [1.165, 1.54) is 16.7 Å². The van der Waals surface area contributed by atoms with Gasteiger partial charge in [0.15, 0.2) is 0 Å². The van der Waals surface area contributed by atoms with Gasteiger partial charge in [-0.15, -0.1) is 0 Å². The molecule has 94 valence electrons. The van der Waals surface area contributed by atoms with Crippen LogP contribution in [0.1, 0.15) is 22.4 Å². The molecule has 1 aromatic carbocycles. The summed E-state index contributed by atoms with van der Waals surface area (Å²) in [5, 5.41) is 3.45. The predicted octanol–water partition coefficient (Wildman–Crippen LogP) is 3.03. The molecule has 0 saturated carbocycles. The monoisotopic (exact) mass is 240 g/mol. The van der Waals surface area contributed by atoms with E-state index in [1.807, 2.05) is 12.3 Å². The Labute approximate surface area is 109 Å². The number of aryl methyl sites for hydroxylation is 2. The van der Waals surface area contributed by atoms with Crippen molar-refractivity contribution in [1.29, 1.82) is 0 Å². The van der Waals surface area contributed by atoms with Gasteiger partial charge in [-0.3, -0.25) is 4.98 Å². The second-order valence-electron chi connectivity index (χ2n) is 4.68. The number of hydrogen-bond acceptors (Lipinski definition) is 2. The molecule has 0 aliphatic rings. The first-order valence-electron chi connectivity index (χ1n) is 6.42. The van der Waals surface area contributed by atoms with Gasteiger partial charge < -0.3 is 5.32 Å². The van der Waals surface area contributed by atoms with Gasteiger partial charge in [0.1, 0.15) is 0 Å². The molecule has 0 spiro atoms. The first kappa shape index (κ1) is 12.8. The van der Waals surface area contributed by atoms with E-state index in [0.717, 1.165) is 25.2 Å². The maximum atomic E-state index is 4.37. The first-order valence-corrected chi connectivity index (χ1v) is 6.42. The van der Waals surface area contributed by atoms with Crippen LogP contribution in [0.4, 0.5) is 0 Å². The molecule has 0 atom stereocenters. The number of aromatic nitrogens is 1. The van der Waals surface area contributed by atoms with Crippen LogP contribution in [0.25, 0.3) is 0 Å². The predicted molar refractivity (Wildman–Crippen MR) is 75.6 cm³/mol. The van der Waals surface area contributed by atoms with E-state index in [9.17, 15) is 0 Å². The van der Waals surface area contributed by atoms with E-state index in [2.05, 4.69) is 54.5 Å². The summed E-state index contributed by atoms with van der Waals surface area (Å²) < 4.78 is 0. The molecule has 0 saturated heterocycles. The zero-order valence-electron chi connectivity index (χ0n) is 11.1. The van der Waals surface area contributed by atoms with Crippen LogP contribution in [0.2, 0.25) is 0 Å². The van der Waals surface area contributed by atoms with Crippen LogP contribution < -0.4 is 5.32 Å². The molecule has 1 aromatic heterocycles. The number of benzene rings is 1. The van der Waals surface area contributed by atoms with Gasteiger partial charge >= 0.3 is 0 Å². The summed E-state index contributed by atoms with van der Waals surface area (Å²) in [5.41, 5.74) is 5.11. The molecule has 0 radical (unpaired) electrons. The average Bonchev–Trinajstić information content (AvgIpc) is 2.37. The number of pyridine rings is 1. The largest absolute Gasteiger partial charge is 0.311 e. The van der Waals surface area contributed by atoms with Gasteiger partial charge in [-0.1, -0.05) is 35.9 Å². The summed E-state index contributed by atoms with van der Waals surface area (Å²) in [6.07, 6.45) is 2.91. The first-order chi connectivity index (χ1) is 8.75.